The van der Waals surface area contributed by atoms with Gasteiger partial charge in [0, 0.05) is 23.5 Å². The van der Waals surface area contributed by atoms with Crippen LogP contribution in [0.5, 0.6) is 0 Å². The molecule has 1 aromatic heterocycles. The minimum atomic E-state index is -3.58. The van der Waals surface area contributed by atoms with E-state index in [1.807, 2.05) is 0 Å². The summed E-state index contributed by atoms with van der Waals surface area (Å²) in [7, 11) is -1.40. The topological polar surface area (TPSA) is 84.3 Å². The number of nitrogens with zero attached hydrogens (tertiary/aromatic N) is 3. The van der Waals surface area contributed by atoms with Crippen molar-refractivity contribution in [3.05, 3.63) is 30.0 Å². The van der Waals surface area contributed by atoms with Gasteiger partial charge in [-0.3, -0.25) is 4.79 Å². The Morgan fingerprint density at radius 2 is 1.85 bits per heavy atom. The summed E-state index contributed by atoms with van der Waals surface area (Å²) in [6.07, 6.45) is 6.55. The Morgan fingerprint density at radius 3 is 2.50 bits per heavy atom. The predicted molar refractivity (Wildman–Crippen MR) is 99.7 cm³/mol. The summed E-state index contributed by atoms with van der Waals surface area (Å²) in [6, 6.07) is 8.06. The van der Waals surface area contributed by atoms with Crippen LogP contribution in [0.25, 0.3) is 10.9 Å². The van der Waals surface area contributed by atoms with Gasteiger partial charge in [-0.1, -0.05) is 24.6 Å². The zero-order valence-electron chi connectivity index (χ0n) is 15.1. The van der Waals surface area contributed by atoms with Gasteiger partial charge in [0.25, 0.3) is 15.9 Å². The van der Waals surface area contributed by atoms with E-state index in [2.05, 4.69) is 22.4 Å². The van der Waals surface area contributed by atoms with Crippen molar-refractivity contribution in [2.24, 2.45) is 0 Å². The second-order valence-electron chi connectivity index (χ2n) is 7.52. The van der Waals surface area contributed by atoms with Gasteiger partial charge in [0.05, 0.1) is 11.8 Å². The average Bonchev–Trinajstić information content (AvgIpc) is 2.96. The second-order valence-corrected chi connectivity index (χ2v) is 9.33. The number of rotatable bonds is 3. The van der Waals surface area contributed by atoms with Crippen molar-refractivity contribution in [1.82, 2.24) is 19.4 Å². The summed E-state index contributed by atoms with van der Waals surface area (Å²) in [5.74, 6) is -0.295. The summed E-state index contributed by atoms with van der Waals surface area (Å²) in [6.45, 7) is 0. The molecule has 2 aromatic rings. The molecular weight excluding hydrogens is 352 g/mol. The van der Waals surface area contributed by atoms with Crippen molar-refractivity contribution in [3.63, 3.8) is 0 Å². The molecule has 2 bridgehead atoms. The van der Waals surface area contributed by atoms with E-state index < -0.39 is 10.0 Å². The van der Waals surface area contributed by atoms with Crippen molar-refractivity contribution < 1.29 is 13.2 Å². The highest BCUT2D eigenvalue weighted by Gasteiger charge is 2.37. The molecule has 0 radical (unpaired) electrons. The molecule has 1 N–H and O–H groups in total. The zero-order valence-corrected chi connectivity index (χ0v) is 15.9. The van der Waals surface area contributed by atoms with E-state index in [0.717, 1.165) is 23.2 Å². The molecular formula is C18H24N4O3S. The molecule has 3 atom stereocenters. The molecule has 26 heavy (non-hydrogen) atoms. The Hall–Kier alpha value is -1.93. The standard InChI is InChI=1S/C18H24N4O3S/c1-21-13-6-5-7-14(21)11-12(10-13)19-18(23)17-15-8-3-4-9-16(15)22(20-17)26(2,24)25/h3-4,8-9,12-14H,5-7,10-11H2,1-2H3,(H,19,23)/t12-,13+,14-. The first-order valence-corrected chi connectivity index (χ1v) is 10.9. The molecule has 2 aliphatic heterocycles. The van der Waals surface area contributed by atoms with Crippen LogP contribution in [-0.2, 0) is 10.0 Å². The van der Waals surface area contributed by atoms with Gasteiger partial charge in [0.1, 0.15) is 0 Å². The van der Waals surface area contributed by atoms with Crippen LogP contribution in [0.2, 0.25) is 0 Å². The first-order chi connectivity index (χ1) is 12.3. The van der Waals surface area contributed by atoms with Crippen molar-refractivity contribution in [1.29, 1.82) is 0 Å². The van der Waals surface area contributed by atoms with Crippen molar-refractivity contribution in [2.75, 3.05) is 13.3 Å². The molecule has 2 aliphatic rings. The van der Waals surface area contributed by atoms with Gasteiger partial charge >= 0.3 is 0 Å². The molecule has 2 saturated heterocycles. The fraction of sp³-hybridized carbons (Fsp3) is 0.556. The van der Waals surface area contributed by atoms with Crippen LogP contribution in [0.1, 0.15) is 42.6 Å². The van der Waals surface area contributed by atoms with Crippen molar-refractivity contribution >= 4 is 26.8 Å². The minimum absolute atomic E-state index is 0.108. The highest BCUT2D eigenvalue weighted by Crippen LogP contribution is 2.32. The van der Waals surface area contributed by atoms with Gasteiger partial charge in [-0.05, 0) is 38.8 Å². The Balaban J connectivity index is 1.61. The predicted octanol–water partition coefficient (Wildman–Crippen LogP) is 1.59. The number of para-hydroxylation sites is 1. The molecule has 1 aromatic carbocycles. The van der Waals surface area contributed by atoms with Crippen LogP contribution in [-0.4, -0.2) is 59.8 Å². The van der Waals surface area contributed by atoms with Crippen LogP contribution in [0, 0.1) is 0 Å². The average molecular weight is 376 g/mol. The van der Waals surface area contributed by atoms with E-state index in [1.165, 1.54) is 19.3 Å². The van der Waals surface area contributed by atoms with Gasteiger partial charge in [-0.2, -0.15) is 9.19 Å². The van der Waals surface area contributed by atoms with Crippen LogP contribution in [0.4, 0.5) is 0 Å². The maximum absolute atomic E-state index is 12.9. The van der Waals surface area contributed by atoms with Crippen LogP contribution >= 0.6 is 0 Å². The Morgan fingerprint density at radius 1 is 1.19 bits per heavy atom. The fourth-order valence-corrected chi connectivity index (χ4v) is 5.19. The Bertz CT molecular complexity index is 938. The number of carbonyl (C=O) groups is 1. The number of hydrogen-bond acceptors (Lipinski definition) is 5. The maximum Gasteiger partial charge on any atom is 0.272 e. The molecule has 0 spiro atoms. The third-order valence-corrected chi connectivity index (χ3v) is 6.67. The maximum atomic E-state index is 12.9. The molecule has 8 heteroatoms. The van der Waals surface area contributed by atoms with E-state index in [0.29, 0.717) is 23.0 Å². The van der Waals surface area contributed by atoms with Gasteiger partial charge in [0.2, 0.25) is 0 Å². The van der Waals surface area contributed by atoms with Crippen LogP contribution in [0.15, 0.2) is 24.3 Å². The minimum Gasteiger partial charge on any atom is -0.348 e. The number of aromatic nitrogens is 2. The number of nitrogens with one attached hydrogen (secondary N) is 1. The van der Waals surface area contributed by atoms with E-state index in [-0.39, 0.29) is 17.6 Å². The molecule has 0 aliphatic carbocycles. The van der Waals surface area contributed by atoms with Gasteiger partial charge in [0.15, 0.2) is 5.69 Å². The fourth-order valence-electron chi connectivity index (χ4n) is 4.45. The lowest BCUT2D eigenvalue weighted by Gasteiger charge is -2.47. The number of piperidine rings is 2. The van der Waals surface area contributed by atoms with E-state index in [4.69, 9.17) is 0 Å². The van der Waals surface area contributed by atoms with Crippen LogP contribution < -0.4 is 5.32 Å². The molecule has 3 heterocycles. The second kappa shape index (κ2) is 6.35. The first-order valence-electron chi connectivity index (χ1n) is 9.05. The smallest absolute Gasteiger partial charge is 0.272 e. The molecule has 4 rings (SSSR count). The van der Waals surface area contributed by atoms with Gasteiger partial charge < -0.3 is 10.2 Å². The summed E-state index contributed by atoms with van der Waals surface area (Å²) in [5.41, 5.74) is 0.607. The summed E-state index contributed by atoms with van der Waals surface area (Å²) >= 11 is 0. The molecule has 2 fully saturated rings. The lowest BCUT2D eigenvalue weighted by Crippen LogP contribution is -2.55. The van der Waals surface area contributed by atoms with Crippen molar-refractivity contribution in [2.45, 2.75) is 50.2 Å². The third-order valence-electron chi connectivity index (χ3n) is 5.76. The summed E-state index contributed by atoms with van der Waals surface area (Å²) < 4.78 is 25.0. The van der Waals surface area contributed by atoms with E-state index >= 15 is 0 Å². The summed E-state index contributed by atoms with van der Waals surface area (Å²) in [4.78, 5) is 15.3. The summed E-state index contributed by atoms with van der Waals surface area (Å²) in [5, 5.41) is 7.78. The number of amides is 1. The van der Waals surface area contributed by atoms with Crippen molar-refractivity contribution in [3.8, 4) is 0 Å². The largest absolute Gasteiger partial charge is 0.348 e. The number of fused-ring (bicyclic) bond motifs is 3. The van der Waals surface area contributed by atoms with Gasteiger partial charge in [-0.25, -0.2) is 8.42 Å². The number of carbonyl (C=O) groups excluding carboxylic acids is 1. The number of hydrogen-bond donors (Lipinski definition) is 1. The molecule has 7 nitrogen and oxygen atoms in total. The Kier molecular flexibility index (Phi) is 4.27. The number of benzene rings is 1. The molecule has 140 valence electrons. The molecule has 0 saturated carbocycles. The first kappa shape index (κ1) is 17.5. The lowest BCUT2D eigenvalue weighted by atomic mass is 9.82. The monoisotopic (exact) mass is 376 g/mol. The Labute approximate surface area is 153 Å². The highest BCUT2D eigenvalue weighted by atomic mass is 32.2. The zero-order chi connectivity index (χ0) is 18.5. The quantitative estimate of drug-likeness (QED) is 0.879. The van der Waals surface area contributed by atoms with E-state index in [1.54, 1.807) is 24.3 Å². The lowest BCUT2D eigenvalue weighted by molar-refractivity contribution is 0.0462. The molecule has 1 amide bonds. The molecule has 0 unspecified atom stereocenters. The van der Waals surface area contributed by atoms with Gasteiger partial charge in [-0.15, -0.1) is 0 Å². The van der Waals surface area contributed by atoms with Crippen LogP contribution in [0.3, 0.4) is 0 Å². The normalized spacial score (nSPS) is 26.8. The van der Waals surface area contributed by atoms with E-state index in [9.17, 15) is 13.2 Å². The third kappa shape index (κ3) is 3.01. The SMILES string of the molecule is CN1[C@@H]2CCC[C@H]1C[C@@H](NC(=O)c1nn(S(C)(=O)=O)c3ccccc13)C2. The highest BCUT2D eigenvalue weighted by molar-refractivity contribution is 7.89.